The molecule has 0 saturated heterocycles. The summed E-state index contributed by atoms with van der Waals surface area (Å²) in [4.78, 5) is 16.3. The molecule has 0 radical (unpaired) electrons. The monoisotopic (exact) mass is 355 g/mol. The smallest absolute Gasteiger partial charge is 0.255 e. The summed E-state index contributed by atoms with van der Waals surface area (Å²) in [6.45, 7) is 0. The SMILES string of the molecule is COc1cccc(C(=O)Nc2ccc(Nc3c(F)cccc3F)nc2)c1. The molecule has 0 spiro atoms. The van der Waals surface area contributed by atoms with E-state index in [2.05, 4.69) is 15.6 Å². The Hall–Kier alpha value is -3.48. The summed E-state index contributed by atoms with van der Waals surface area (Å²) in [5.74, 6) is -0.952. The van der Waals surface area contributed by atoms with Crippen molar-refractivity contribution < 1.29 is 18.3 Å². The van der Waals surface area contributed by atoms with Gasteiger partial charge >= 0.3 is 0 Å². The predicted molar refractivity (Wildman–Crippen MR) is 94.8 cm³/mol. The van der Waals surface area contributed by atoms with Crippen molar-refractivity contribution >= 4 is 23.1 Å². The molecular weight excluding hydrogens is 340 g/mol. The average molecular weight is 355 g/mol. The number of benzene rings is 2. The molecule has 0 aliphatic carbocycles. The molecule has 0 fully saturated rings. The summed E-state index contributed by atoms with van der Waals surface area (Å²) in [6, 6.07) is 13.4. The van der Waals surface area contributed by atoms with Crippen molar-refractivity contribution in [2.24, 2.45) is 0 Å². The molecule has 132 valence electrons. The van der Waals surface area contributed by atoms with Crippen LogP contribution in [0.15, 0.2) is 60.8 Å². The number of amides is 1. The van der Waals surface area contributed by atoms with Gasteiger partial charge in [0.2, 0.25) is 0 Å². The number of ether oxygens (including phenoxy) is 1. The second-order valence-electron chi connectivity index (χ2n) is 5.34. The Bertz CT molecular complexity index is 910. The number of carbonyl (C=O) groups is 1. The van der Waals surface area contributed by atoms with Gasteiger partial charge in [0.05, 0.1) is 19.0 Å². The van der Waals surface area contributed by atoms with E-state index >= 15 is 0 Å². The highest BCUT2D eigenvalue weighted by Gasteiger charge is 2.10. The summed E-state index contributed by atoms with van der Waals surface area (Å²) >= 11 is 0. The molecule has 2 N–H and O–H groups in total. The Labute approximate surface area is 148 Å². The molecule has 0 aliphatic heterocycles. The van der Waals surface area contributed by atoms with Crippen LogP contribution >= 0.6 is 0 Å². The van der Waals surface area contributed by atoms with E-state index in [4.69, 9.17) is 4.74 Å². The van der Waals surface area contributed by atoms with Gasteiger partial charge in [0.1, 0.15) is 28.9 Å². The number of carbonyl (C=O) groups excluding carboxylic acids is 1. The first-order chi connectivity index (χ1) is 12.6. The Morgan fingerprint density at radius 3 is 2.42 bits per heavy atom. The van der Waals surface area contributed by atoms with Crippen LogP contribution in [0.1, 0.15) is 10.4 Å². The number of halogens is 2. The first kappa shape index (κ1) is 17.3. The molecule has 1 aromatic heterocycles. The van der Waals surface area contributed by atoms with Crippen LogP contribution in [0.2, 0.25) is 0 Å². The first-order valence-corrected chi connectivity index (χ1v) is 7.69. The average Bonchev–Trinajstić information content (AvgIpc) is 2.66. The Balaban J connectivity index is 1.70. The third-order valence-electron chi connectivity index (χ3n) is 3.57. The molecule has 0 bridgehead atoms. The van der Waals surface area contributed by atoms with Crippen LogP contribution in [0.5, 0.6) is 5.75 Å². The lowest BCUT2D eigenvalue weighted by Gasteiger charge is -2.09. The van der Waals surface area contributed by atoms with E-state index in [1.165, 1.54) is 25.4 Å². The van der Waals surface area contributed by atoms with Gasteiger partial charge in [-0.1, -0.05) is 12.1 Å². The maximum atomic E-state index is 13.6. The lowest BCUT2D eigenvalue weighted by molar-refractivity contribution is 0.102. The summed E-state index contributed by atoms with van der Waals surface area (Å²) in [5, 5.41) is 5.27. The summed E-state index contributed by atoms with van der Waals surface area (Å²) in [6.07, 6.45) is 1.39. The molecule has 0 aliphatic rings. The molecule has 3 aromatic rings. The van der Waals surface area contributed by atoms with Crippen molar-refractivity contribution in [3.05, 3.63) is 78.0 Å². The molecule has 0 unspecified atom stereocenters. The molecule has 1 amide bonds. The van der Waals surface area contributed by atoms with Crippen LogP contribution in [0.3, 0.4) is 0 Å². The number of nitrogens with zero attached hydrogens (tertiary/aromatic N) is 1. The topological polar surface area (TPSA) is 63.2 Å². The van der Waals surface area contributed by atoms with Gasteiger partial charge < -0.3 is 15.4 Å². The van der Waals surface area contributed by atoms with Gasteiger partial charge in [0, 0.05) is 5.56 Å². The van der Waals surface area contributed by atoms with Crippen LogP contribution < -0.4 is 15.4 Å². The Morgan fingerprint density at radius 2 is 1.77 bits per heavy atom. The van der Waals surface area contributed by atoms with Gasteiger partial charge in [-0.3, -0.25) is 4.79 Å². The van der Waals surface area contributed by atoms with E-state index in [-0.39, 0.29) is 17.4 Å². The van der Waals surface area contributed by atoms with Gasteiger partial charge in [0.15, 0.2) is 0 Å². The van der Waals surface area contributed by atoms with Crippen molar-refractivity contribution in [2.75, 3.05) is 17.7 Å². The number of methoxy groups -OCH3 is 1. The largest absolute Gasteiger partial charge is 0.497 e. The molecule has 0 saturated carbocycles. The fourth-order valence-corrected chi connectivity index (χ4v) is 2.25. The lowest BCUT2D eigenvalue weighted by Crippen LogP contribution is -2.12. The Kier molecular flexibility index (Phi) is 5.07. The van der Waals surface area contributed by atoms with Crippen molar-refractivity contribution in [1.82, 2.24) is 4.98 Å². The molecule has 1 heterocycles. The van der Waals surface area contributed by atoms with Crippen LogP contribution in [0.25, 0.3) is 0 Å². The quantitative estimate of drug-likeness (QED) is 0.714. The first-order valence-electron chi connectivity index (χ1n) is 7.69. The number of hydrogen-bond donors (Lipinski definition) is 2. The van der Waals surface area contributed by atoms with Gasteiger partial charge in [0.25, 0.3) is 5.91 Å². The molecule has 3 rings (SSSR count). The van der Waals surface area contributed by atoms with E-state index in [1.807, 2.05) is 0 Å². The van der Waals surface area contributed by atoms with Gasteiger partial charge in [-0.05, 0) is 42.5 Å². The van der Waals surface area contributed by atoms with Crippen molar-refractivity contribution in [1.29, 1.82) is 0 Å². The maximum Gasteiger partial charge on any atom is 0.255 e. The number of aromatic nitrogens is 1. The summed E-state index contributed by atoms with van der Waals surface area (Å²) in [7, 11) is 1.52. The van der Waals surface area contributed by atoms with E-state index in [9.17, 15) is 13.6 Å². The van der Waals surface area contributed by atoms with Crippen molar-refractivity contribution in [2.45, 2.75) is 0 Å². The lowest BCUT2D eigenvalue weighted by atomic mass is 10.2. The second-order valence-corrected chi connectivity index (χ2v) is 5.34. The van der Waals surface area contributed by atoms with Gasteiger partial charge in [-0.2, -0.15) is 0 Å². The van der Waals surface area contributed by atoms with E-state index in [1.54, 1.807) is 30.3 Å². The molecular formula is C19H15F2N3O2. The molecule has 0 atom stereocenters. The zero-order valence-electron chi connectivity index (χ0n) is 13.8. The third kappa shape index (κ3) is 3.94. The summed E-state index contributed by atoms with van der Waals surface area (Å²) in [5.41, 5.74) is 0.588. The minimum atomic E-state index is -0.720. The predicted octanol–water partition coefficient (Wildman–Crippen LogP) is 4.36. The molecule has 2 aromatic carbocycles. The highest BCUT2D eigenvalue weighted by molar-refractivity contribution is 6.04. The van der Waals surface area contributed by atoms with Crippen molar-refractivity contribution in [3.63, 3.8) is 0 Å². The maximum absolute atomic E-state index is 13.6. The Morgan fingerprint density at radius 1 is 1.04 bits per heavy atom. The molecule has 5 nitrogen and oxygen atoms in total. The highest BCUT2D eigenvalue weighted by Crippen LogP contribution is 2.22. The third-order valence-corrected chi connectivity index (χ3v) is 3.57. The highest BCUT2D eigenvalue weighted by atomic mass is 19.1. The summed E-state index contributed by atoms with van der Waals surface area (Å²) < 4.78 is 32.4. The van der Waals surface area contributed by atoms with E-state index < -0.39 is 11.6 Å². The normalized spacial score (nSPS) is 10.3. The minimum Gasteiger partial charge on any atom is -0.497 e. The second kappa shape index (κ2) is 7.60. The van der Waals surface area contributed by atoms with E-state index in [0.29, 0.717) is 17.0 Å². The van der Waals surface area contributed by atoms with Gasteiger partial charge in [-0.15, -0.1) is 0 Å². The zero-order chi connectivity index (χ0) is 18.5. The molecule has 7 heteroatoms. The minimum absolute atomic E-state index is 0.244. The van der Waals surface area contributed by atoms with Crippen molar-refractivity contribution in [3.8, 4) is 5.75 Å². The number of nitrogens with one attached hydrogen (secondary N) is 2. The zero-order valence-corrected chi connectivity index (χ0v) is 13.8. The number of pyridine rings is 1. The number of hydrogen-bond acceptors (Lipinski definition) is 4. The molecule has 26 heavy (non-hydrogen) atoms. The standard InChI is InChI=1S/C19H15F2N3O2/c1-26-14-5-2-4-12(10-14)19(25)23-13-8-9-17(22-11-13)24-18-15(20)6-3-7-16(18)21/h2-11H,1H3,(H,22,24)(H,23,25). The van der Waals surface area contributed by atoms with Crippen LogP contribution in [0.4, 0.5) is 26.0 Å². The van der Waals surface area contributed by atoms with Crippen LogP contribution in [-0.4, -0.2) is 18.0 Å². The number of para-hydroxylation sites is 1. The fourth-order valence-electron chi connectivity index (χ4n) is 2.25. The number of anilines is 3. The number of rotatable bonds is 5. The fraction of sp³-hybridized carbons (Fsp3) is 0.0526. The van der Waals surface area contributed by atoms with E-state index in [0.717, 1.165) is 12.1 Å². The van der Waals surface area contributed by atoms with Crippen LogP contribution in [-0.2, 0) is 0 Å². The van der Waals surface area contributed by atoms with Crippen LogP contribution in [0, 0.1) is 11.6 Å². The van der Waals surface area contributed by atoms with Gasteiger partial charge in [-0.25, -0.2) is 13.8 Å².